The van der Waals surface area contributed by atoms with E-state index < -0.39 is 20.0 Å². The van der Waals surface area contributed by atoms with E-state index in [0.717, 1.165) is 6.04 Å². The van der Waals surface area contributed by atoms with E-state index in [0.29, 0.717) is 6.42 Å². The number of carbonyl (C=O) groups is 1. The molecule has 1 aliphatic rings. The van der Waals surface area contributed by atoms with E-state index in [4.69, 9.17) is 25.4 Å². The number of carbonyl (C=O) groups excluding carboxylic acids is 1. The van der Waals surface area contributed by atoms with Gasteiger partial charge in [0, 0.05) is 20.5 Å². The van der Waals surface area contributed by atoms with Crippen LogP contribution in [0.4, 0.5) is 0 Å². The van der Waals surface area contributed by atoms with Crippen molar-refractivity contribution in [2.45, 2.75) is 76.3 Å². The molecule has 1 fully saturated rings. The van der Waals surface area contributed by atoms with Gasteiger partial charge in [-0.3, -0.25) is 4.79 Å². The van der Waals surface area contributed by atoms with Crippen LogP contribution in [0.15, 0.2) is 0 Å². The molecule has 0 aliphatic carbocycles. The Kier molecular flexibility index (Phi) is 6.44. The number of hydrogen-bond acceptors (Lipinski definition) is 5. The summed E-state index contributed by atoms with van der Waals surface area (Å²) < 4.78 is 22.0. The second kappa shape index (κ2) is 7.35. The van der Waals surface area contributed by atoms with Crippen LogP contribution in [0.25, 0.3) is 0 Å². The zero-order chi connectivity index (χ0) is 17.9. The third kappa shape index (κ3) is 4.80. The van der Waals surface area contributed by atoms with Gasteiger partial charge in [0.2, 0.25) is 6.29 Å². The smallest absolute Gasteiger partial charge is 0.304 e. The van der Waals surface area contributed by atoms with Crippen molar-refractivity contribution < 1.29 is 23.7 Å². The van der Waals surface area contributed by atoms with E-state index in [1.54, 1.807) is 7.11 Å². The third-order valence-corrected chi connectivity index (χ3v) is 10.4. The fraction of sp³-hybridized carbons (Fsp3) is 0.824. The highest BCUT2D eigenvalue weighted by Gasteiger charge is 2.54. The number of methoxy groups -OCH3 is 1. The van der Waals surface area contributed by atoms with Gasteiger partial charge in [-0.15, -0.1) is 6.42 Å². The molecule has 6 heteroatoms. The minimum Gasteiger partial charge on any atom is -0.436 e. The predicted molar refractivity (Wildman–Crippen MR) is 91.6 cm³/mol. The zero-order valence-corrected chi connectivity index (χ0v) is 16.4. The summed E-state index contributed by atoms with van der Waals surface area (Å²) in [6.07, 6.45) is 5.25. The molecule has 1 rings (SSSR count). The summed E-state index contributed by atoms with van der Waals surface area (Å²) in [5.74, 6) is 2.42. The van der Waals surface area contributed by atoms with Gasteiger partial charge in [0.05, 0.1) is 8.07 Å². The maximum atomic E-state index is 11.3. The normalized spacial score (nSPS) is 28.4. The molecule has 0 saturated carbocycles. The van der Waals surface area contributed by atoms with E-state index in [1.807, 2.05) is 0 Å². The molecule has 0 aromatic carbocycles. The highest BCUT2D eigenvalue weighted by atomic mass is 28.3. The van der Waals surface area contributed by atoms with Gasteiger partial charge in [-0.05, 0) is 11.1 Å². The molecular formula is C17H30O5Si. The van der Waals surface area contributed by atoms with E-state index >= 15 is 0 Å². The molecule has 5 nitrogen and oxygen atoms in total. The Morgan fingerprint density at radius 2 is 2.04 bits per heavy atom. The predicted octanol–water partition coefficient (Wildman–Crippen LogP) is 3.17. The first-order chi connectivity index (χ1) is 10.5. The summed E-state index contributed by atoms with van der Waals surface area (Å²) in [6, 6.07) is 0.728. The second-order valence-electron chi connectivity index (χ2n) is 7.80. The first-order valence-corrected chi connectivity index (χ1v) is 11.1. The van der Waals surface area contributed by atoms with Crippen molar-refractivity contribution in [3.8, 4) is 12.3 Å². The van der Waals surface area contributed by atoms with E-state index in [9.17, 15) is 4.79 Å². The van der Waals surface area contributed by atoms with E-state index in [-0.39, 0.29) is 23.9 Å². The molecule has 0 radical (unpaired) electrons. The van der Waals surface area contributed by atoms with Gasteiger partial charge in [-0.25, -0.2) is 0 Å². The lowest BCUT2D eigenvalue weighted by Crippen LogP contribution is -2.50. The Bertz CT molecular complexity index is 463. The van der Waals surface area contributed by atoms with Crippen molar-refractivity contribution in [3.05, 3.63) is 0 Å². The quantitative estimate of drug-likeness (QED) is 0.321. The number of rotatable bonds is 6. The van der Waals surface area contributed by atoms with Gasteiger partial charge in [0.15, 0.2) is 5.60 Å². The number of terminal acetylenes is 1. The molecule has 0 aromatic heterocycles. The number of hydrogen-bond donors (Lipinski definition) is 0. The molecule has 23 heavy (non-hydrogen) atoms. The highest BCUT2D eigenvalue weighted by Crippen LogP contribution is 2.46. The van der Waals surface area contributed by atoms with Crippen molar-refractivity contribution in [2.24, 2.45) is 0 Å². The topological polar surface area (TPSA) is 54.0 Å². The highest BCUT2D eigenvalue weighted by molar-refractivity contribution is 6.80. The molecular weight excluding hydrogens is 312 g/mol. The van der Waals surface area contributed by atoms with Crippen LogP contribution in [0.3, 0.4) is 0 Å². The van der Waals surface area contributed by atoms with Crippen LogP contribution >= 0.6 is 0 Å². The van der Waals surface area contributed by atoms with Crippen molar-refractivity contribution in [2.75, 3.05) is 13.9 Å². The van der Waals surface area contributed by atoms with Gasteiger partial charge in [0.25, 0.3) is 0 Å². The van der Waals surface area contributed by atoms with Gasteiger partial charge in [-0.2, -0.15) is 0 Å². The fourth-order valence-corrected chi connectivity index (χ4v) is 4.85. The van der Waals surface area contributed by atoms with Crippen molar-refractivity contribution in [1.82, 2.24) is 0 Å². The van der Waals surface area contributed by atoms with Crippen molar-refractivity contribution >= 4 is 14.0 Å². The Morgan fingerprint density at radius 3 is 2.48 bits per heavy atom. The first-order valence-electron chi connectivity index (χ1n) is 7.91. The minimum absolute atomic E-state index is 0.127. The molecule has 0 aromatic rings. The Hall–Kier alpha value is -0.873. The standard InChI is InChI=1S/C17H30O5Si/c1-9-17(11-23(7,8)16(3,4)5)14(20-12-19-6)10-15(22-17)21-13(2)18/h1,14-15H,10-12H2,2-8H3/t14?,15-,17-/m1/s1. The monoisotopic (exact) mass is 342 g/mol. The summed E-state index contributed by atoms with van der Waals surface area (Å²) in [5.41, 5.74) is -0.887. The molecule has 0 amide bonds. The lowest BCUT2D eigenvalue weighted by Gasteiger charge is -2.43. The minimum atomic E-state index is -1.74. The number of esters is 1. The van der Waals surface area contributed by atoms with Gasteiger partial charge < -0.3 is 18.9 Å². The van der Waals surface area contributed by atoms with Gasteiger partial charge in [0.1, 0.15) is 12.9 Å². The van der Waals surface area contributed by atoms with Crippen LogP contribution in [-0.2, 0) is 23.7 Å². The summed E-state index contributed by atoms with van der Waals surface area (Å²) in [4.78, 5) is 11.3. The van der Waals surface area contributed by atoms with E-state index in [1.165, 1.54) is 6.92 Å². The molecule has 0 bridgehead atoms. The lowest BCUT2D eigenvalue weighted by atomic mass is 10.00. The van der Waals surface area contributed by atoms with Crippen LogP contribution in [0.2, 0.25) is 24.2 Å². The first kappa shape index (κ1) is 20.2. The molecule has 0 spiro atoms. The largest absolute Gasteiger partial charge is 0.436 e. The van der Waals surface area contributed by atoms with Crippen LogP contribution in [-0.4, -0.2) is 45.9 Å². The van der Waals surface area contributed by atoms with E-state index in [2.05, 4.69) is 39.8 Å². The summed E-state index contributed by atoms with van der Waals surface area (Å²) in [5, 5.41) is 0.158. The molecule has 0 N–H and O–H groups in total. The molecule has 1 aliphatic heterocycles. The maximum absolute atomic E-state index is 11.3. The Balaban J connectivity index is 3.06. The summed E-state index contributed by atoms with van der Waals surface area (Å²) in [7, 11) is -0.182. The average Bonchev–Trinajstić information content (AvgIpc) is 2.71. The third-order valence-electron chi connectivity index (χ3n) is 4.93. The lowest BCUT2D eigenvalue weighted by molar-refractivity contribution is -0.180. The summed E-state index contributed by atoms with van der Waals surface area (Å²) >= 11 is 0. The molecule has 132 valence electrons. The number of ether oxygens (including phenoxy) is 4. The van der Waals surface area contributed by atoms with Crippen LogP contribution in [0, 0.1) is 12.3 Å². The molecule has 1 unspecified atom stereocenters. The van der Waals surface area contributed by atoms with Crippen molar-refractivity contribution in [1.29, 1.82) is 0 Å². The van der Waals surface area contributed by atoms with Crippen LogP contribution in [0.1, 0.15) is 34.1 Å². The molecule has 1 saturated heterocycles. The van der Waals surface area contributed by atoms with Crippen LogP contribution in [0.5, 0.6) is 0 Å². The van der Waals surface area contributed by atoms with Crippen LogP contribution < -0.4 is 0 Å². The second-order valence-corrected chi connectivity index (χ2v) is 13.4. The fourth-order valence-electron chi connectivity index (χ4n) is 2.59. The Labute approximate surface area is 141 Å². The summed E-state index contributed by atoms with van der Waals surface area (Å²) in [6.45, 7) is 12.8. The SMILES string of the molecule is C#C[C@]1(C[Si](C)(C)C(C)(C)C)O[C@@H](OC(C)=O)CC1OCOC. The molecule has 3 atom stereocenters. The average molecular weight is 343 g/mol. The van der Waals surface area contributed by atoms with Gasteiger partial charge >= 0.3 is 5.97 Å². The molecule has 1 heterocycles. The maximum Gasteiger partial charge on any atom is 0.304 e. The van der Waals surface area contributed by atoms with Gasteiger partial charge in [-0.1, -0.05) is 39.8 Å². The Morgan fingerprint density at radius 1 is 1.43 bits per heavy atom. The zero-order valence-electron chi connectivity index (χ0n) is 15.4. The van der Waals surface area contributed by atoms with Crippen molar-refractivity contribution in [3.63, 3.8) is 0 Å².